The van der Waals surface area contributed by atoms with Gasteiger partial charge in [0.1, 0.15) is 5.82 Å². The lowest BCUT2D eigenvalue weighted by atomic mass is 9.85. The molecule has 1 amide bonds. The van der Waals surface area contributed by atoms with Crippen molar-refractivity contribution in [1.29, 1.82) is 0 Å². The Kier molecular flexibility index (Phi) is 5.10. The molecule has 1 aromatic carbocycles. The summed E-state index contributed by atoms with van der Waals surface area (Å²) in [6.07, 6.45) is 0.330. The Bertz CT molecular complexity index is 362. The molecule has 0 heterocycles. The molecule has 3 nitrogen and oxygen atoms in total. The summed E-state index contributed by atoms with van der Waals surface area (Å²) in [5.74, 6) is -0.0815. The number of nitrogens with one attached hydrogen (secondary N) is 1. The van der Waals surface area contributed by atoms with Crippen molar-refractivity contribution >= 4 is 5.91 Å². The molecule has 1 N–H and O–H groups in total. The second-order valence-corrected chi connectivity index (χ2v) is 4.34. The van der Waals surface area contributed by atoms with Gasteiger partial charge in [0.2, 0.25) is 5.91 Å². The normalized spacial score (nSPS) is 12.5. The minimum absolute atomic E-state index is 0.0609. The summed E-state index contributed by atoms with van der Waals surface area (Å²) in [5.41, 5.74) is 3.26. The van der Waals surface area contributed by atoms with Gasteiger partial charge >= 0.3 is 0 Å². The molecular formula is C13H18FNO2. The Balaban J connectivity index is 2.79. The lowest BCUT2D eigenvalue weighted by Crippen LogP contribution is -2.25. The van der Waals surface area contributed by atoms with Gasteiger partial charge in [0.25, 0.3) is 0 Å². The molecular weight excluding hydrogens is 221 g/mol. The maximum atomic E-state index is 12.8. The summed E-state index contributed by atoms with van der Waals surface area (Å²) in [4.78, 5) is 16.1. The van der Waals surface area contributed by atoms with E-state index in [2.05, 4.69) is 10.3 Å². The Morgan fingerprint density at radius 2 is 1.94 bits per heavy atom. The molecule has 0 radical (unpaired) electrons. The average Bonchev–Trinajstić information content (AvgIpc) is 2.27. The molecule has 1 unspecified atom stereocenters. The molecule has 0 aromatic heterocycles. The molecule has 17 heavy (non-hydrogen) atoms. The zero-order valence-electron chi connectivity index (χ0n) is 10.4. The number of carbonyl (C=O) groups is 1. The highest BCUT2D eigenvalue weighted by molar-refractivity contribution is 5.75. The van der Waals surface area contributed by atoms with E-state index < -0.39 is 0 Å². The number of carbonyl (C=O) groups excluding carboxylic acids is 1. The van der Waals surface area contributed by atoms with E-state index in [1.54, 1.807) is 12.1 Å². The van der Waals surface area contributed by atoms with Crippen LogP contribution < -0.4 is 5.48 Å². The van der Waals surface area contributed by atoms with Crippen LogP contribution in [-0.4, -0.2) is 13.0 Å². The monoisotopic (exact) mass is 239 g/mol. The van der Waals surface area contributed by atoms with Crippen LogP contribution in [0.1, 0.15) is 31.7 Å². The van der Waals surface area contributed by atoms with Gasteiger partial charge < -0.3 is 0 Å². The second kappa shape index (κ2) is 6.35. The third kappa shape index (κ3) is 4.15. The molecule has 0 saturated carbocycles. The van der Waals surface area contributed by atoms with Gasteiger partial charge in [-0.15, -0.1) is 0 Å². The van der Waals surface area contributed by atoms with E-state index >= 15 is 0 Å². The van der Waals surface area contributed by atoms with Crippen molar-refractivity contribution in [2.24, 2.45) is 5.92 Å². The minimum atomic E-state index is -0.266. The molecule has 0 aliphatic rings. The number of hydrogen-bond acceptors (Lipinski definition) is 2. The van der Waals surface area contributed by atoms with Crippen LogP contribution in [0, 0.1) is 11.7 Å². The highest BCUT2D eigenvalue weighted by Crippen LogP contribution is 2.27. The molecule has 1 rings (SSSR count). The Hall–Kier alpha value is -1.42. The second-order valence-electron chi connectivity index (χ2n) is 4.34. The predicted molar refractivity (Wildman–Crippen MR) is 63.7 cm³/mol. The van der Waals surface area contributed by atoms with Gasteiger partial charge in [-0.1, -0.05) is 26.0 Å². The van der Waals surface area contributed by atoms with Crippen molar-refractivity contribution in [2.75, 3.05) is 7.11 Å². The van der Waals surface area contributed by atoms with Crippen molar-refractivity contribution in [3.63, 3.8) is 0 Å². The molecule has 94 valence electrons. The van der Waals surface area contributed by atoms with Crippen molar-refractivity contribution < 1.29 is 14.0 Å². The van der Waals surface area contributed by atoms with Gasteiger partial charge in [0.05, 0.1) is 7.11 Å². The topological polar surface area (TPSA) is 38.3 Å². The summed E-state index contributed by atoms with van der Waals surface area (Å²) in [6.45, 7) is 4.07. The van der Waals surface area contributed by atoms with Crippen LogP contribution in [0.25, 0.3) is 0 Å². The zero-order chi connectivity index (χ0) is 12.8. The van der Waals surface area contributed by atoms with E-state index in [9.17, 15) is 9.18 Å². The number of hydrogen-bond donors (Lipinski definition) is 1. The molecule has 0 aliphatic heterocycles. The SMILES string of the molecule is CONC(=O)CC(c1ccc(F)cc1)C(C)C. The van der Waals surface area contributed by atoms with Gasteiger partial charge in [-0.25, -0.2) is 9.87 Å². The minimum Gasteiger partial charge on any atom is -0.277 e. The molecule has 4 heteroatoms. The number of benzene rings is 1. The molecule has 1 aromatic rings. The van der Waals surface area contributed by atoms with Crippen molar-refractivity contribution in [1.82, 2.24) is 5.48 Å². The number of amides is 1. The first-order valence-corrected chi connectivity index (χ1v) is 5.62. The fraction of sp³-hybridized carbons (Fsp3) is 0.462. The zero-order valence-corrected chi connectivity index (χ0v) is 10.4. The van der Waals surface area contributed by atoms with E-state index in [0.717, 1.165) is 5.56 Å². The molecule has 0 bridgehead atoms. The predicted octanol–water partition coefficient (Wildman–Crippen LogP) is 2.63. The van der Waals surface area contributed by atoms with Crippen LogP contribution >= 0.6 is 0 Å². The first-order valence-electron chi connectivity index (χ1n) is 5.62. The third-order valence-electron chi connectivity index (χ3n) is 2.72. The van der Waals surface area contributed by atoms with Crippen LogP contribution in [0.2, 0.25) is 0 Å². The summed E-state index contributed by atoms with van der Waals surface area (Å²) >= 11 is 0. The Labute approximate surface area is 101 Å². The number of halogens is 1. The summed E-state index contributed by atoms with van der Waals surface area (Å²) in [6, 6.07) is 6.28. The van der Waals surface area contributed by atoms with Crippen LogP contribution in [0.4, 0.5) is 4.39 Å². The summed E-state index contributed by atoms with van der Waals surface area (Å²) in [5, 5.41) is 0. The molecule has 0 fully saturated rings. The molecule has 0 aliphatic carbocycles. The summed E-state index contributed by atoms with van der Waals surface area (Å²) in [7, 11) is 1.40. The van der Waals surface area contributed by atoms with Crippen LogP contribution in [0.3, 0.4) is 0 Å². The largest absolute Gasteiger partial charge is 0.277 e. The lowest BCUT2D eigenvalue weighted by molar-refractivity contribution is -0.131. The van der Waals surface area contributed by atoms with Gasteiger partial charge in [-0.3, -0.25) is 9.63 Å². The van der Waals surface area contributed by atoms with E-state index in [-0.39, 0.29) is 17.6 Å². The van der Waals surface area contributed by atoms with Gasteiger partial charge in [-0.2, -0.15) is 0 Å². The maximum absolute atomic E-state index is 12.8. The highest BCUT2D eigenvalue weighted by Gasteiger charge is 2.19. The van der Waals surface area contributed by atoms with Gasteiger partial charge in [0.15, 0.2) is 0 Å². The Morgan fingerprint density at radius 1 is 1.35 bits per heavy atom. The lowest BCUT2D eigenvalue weighted by Gasteiger charge is -2.20. The summed E-state index contributed by atoms with van der Waals surface area (Å²) < 4.78 is 12.8. The van der Waals surface area contributed by atoms with E-state index in [4.69, 9.17) is 0 Å². The van der Waals surface area contributed by atoms with Crippen LogP contribution in [0.5, 0.6) is 0 Å². The first-order chi connectivity index (χ1) is 8.04. The Morgan fingerprint density at radius 3 is 2.41 bits per heavy atom. The fourth-order valence-electron chi connectivity index (χ4n) is 1.80. The quantitative estimate of drug-likeness (QED) is 0.802. The van der Waals surface area contributed by atoms with Crippen molar-refractivity contribution in [3.8, 4) is 0 Å². The standard InChI is InChI=1S/C13H18FNO2/c1-9(2)12(8-13(16)15-17-3)10-4-6-11(14)7-5-10/h4-7,9,12H,8H2,1-3H3,(H,15,16). The van der Waals surface area contributed by atoms with Gasteiger partial charge in [0, 0.05) is 6.42 Å². The van der Waals surface area contributed by atoms with E-state index in [1.807, 2.05) is 13.8 Å². The number of hydroxylamine groups is 1. The maximum Gasteiger partial charge on any atom is 0.244 e. The molecule has 1 atom stereocenters. The number of rotatable bonds is 5. The van der Waals surface area contributed by atoms with Gasteiger partial charge in [-0.05, 0) is 29.5 Å². The molecule has 0 spiro atoms. The van der Waals surface area contributed by atoms with Crippen LogP contribution in [-0.2, 0) is 9.63 Å². The highest BCUT2D eigenvalue weighted by atomic mass is 19.1. The van der Waals surface area contributed by atoms with E-state index in [1.165, 1.54) is 19.2 Å². The smallest absolute Gasteiger partial charge is 0.244 e. The van der Waals surface area contributed by atoms with Crippen molar-refractivity contribution in [3.05, 3.63) is 35.6 Å². The third-order valence-corrected chi connectivity index (χ3v) is 2.72. The van der Waals surface area contributed by atoms with Crippen LogP contribution in [0.15, 0.2) is 24.3 Å². The fourth-order valence-corrected chi connectivity index (χ4v) is 1.80. The van der Waals surface area contributed by atoms with Crippen molar-refractivity contribution in [2.45, 2.75) is 26.2 Å². The molecule has 0 saturated heterocycles. The van der Waals surface area contributed by atoms with E-state index in [0.29, 0.717) is 12.3 Å². The average molecular weight is 239 g/mol. The first kappa shape index (κ1) is 13.6.